The van der Waals surface area contributed by atoms with Gasteiger partial charge in [0, 0.05) is 11.8 Å². The number of ether oxygens (including phenoxy) is 3. The number of hydrogen-bond donors (Lipinski definition) is 1. The van der Waals surface area contributed by atoms with Gasteiger partial charge in [0.1, 0.15) is 22.9 Å². The van der Waals surface area contributed by atoms with Crippen molar-refractivity contribution in [2.45, 2.75) is 13.8 Å². The number of carbonyl (C=O) groups is 2. The van der Waals surface area contributed by atoms with Gasteiger partial charge in [0.15, 0.2) is 0 Å². The Kier molecular flexibility index (Phi) is 6.82. The number of carbonyl (C=O) groups excluding carboxylic acids is 2. The Labute approximate surface area is 198 Å². The van der Waals surface area contributed by atoms with Crippen molar-refractivity contribution in [2.75, 3.05) is 30.5 Å². The van der Waals surface area contributed by atoms with Gasteiger partial charge in [0.25, 0.3) is 11.8 Å². The zero-order valence-corrected chi connectivity index (χ0v) is 19.3. The lowest BCUT2D eigenvalue weighted by atomic mass is 10.0. The quantitative estimate of drug-likeness (QED) is 0.460. The summed E-state index contributed by atoms with van der Waals surface area (Å²) in [6, 6.07) is 21.2. The van der Waals surface area contributed by atoms with Crippen LogP contribution in [0.1, 0.15) is 19.4 Å². The molecule has 0 saturated carbocycles. The highest BCUT2D eigenvalue weighted by atomic mass is 16.5. The van der Waals surface area contributed by atoms with Crippen LogP contribution >= 0.6 is 0 Å². The highest BCUT2D eigenvalue weighted by Gasteiger charge is 2.40. The van der Waals surface area contributed by atoms with Crippen molar-refractivity contribution in [3.8, 4) is 17.2 Å². The molecule has 34 heavy (non-hydrogen) atoms. The number of amides is 2. The van der Waals surface area contributed by atoms with Crippen molar-refractivity contribution in [2.24, 2.45) is 0 Å². The van der Waals surface area contributed by atoms with E-state index >= 15 is 0 Å². The predicted octanol–water partition coefficient (Wildman–Crippen LogP) is 4.89. The van der Waals surface area contributed by atoms with Crippen LogP contribution in [0.15, 0.2) is 78.5 Å². The predicted molar refractivity (Wildman–Crippen MR) is 131 cm³/mol. The normalized spacial score (nSPS) is 13.3. The number of imide groups is 1. The second-order valence-corrected chi connectivity index (χ2v) is 7.44. The van der Waals surface area contributed by atoms with Crippen LogP contribution in [0.3, 0.4) is 0 Å². The van der Waals surface area contributed by atoms with E-state index in [1.54, 1.807) is 67.8 Å². The van der Waals surface area contributed by atoms with Crippen LogP contribution in [0, 0.1) is 0 Å². The van der Waals surface area contributed by atoms with Crippen LogP contribution in [0.4, 0.5) is 11.4 Å². The monoisotopic (exact) mass is 458 g/mol. The lowest BCUT2D eigenvalue weighted by Gasteiger charge is -2.16. The summed E-state index contributed by atoms with van der Waals surface area (Å²) in [7, 11) is 1.57. The van der Waals surface area contributed by atoms with Crippen molar-refractivity contribution in [1.82, 2.24) is 0 Å². The standard InChI is InChI=1S/C27H26N2O5/c1-4-33-22-15-11-19(12-16-22)28-25-24(18-9-13-21(32-3)14-10-18)26(30)29(27(25)31)20-7-6-8-23(17-20)34-5-2/h6-17,28H,4-5H2,1-3H3. The van der Waals surface area contributed by atoms with Crippen LogP contribution in [-0.4, -0.2) is 32.1 Å². The van der Waals surface area contributed by atoms with Crippen molar-refractivity contribution >= 4 is 28.8 Å². The Bertz CT molecular complexity index is 1220. The molecular weight excluding hydrogens is 432 g/mol. The van der Waals surface area contributed by atoms with E-state index in [1.165, 1.54) is 4.90 Å². The van der Waals surface area contributed by atoms with Gasteiger partial charge < -0.3 is 19.5 Å². The molecule has 0 fully saturated rings. The molecule has 0 radical (unpaired) electrons. The summed E-state index contributed by atoms with van der Waals surface area (Å²) in [5, 5.41) is 3.16. The molecule has 0 unspecified atom stereocenters. The first-order valence-corrected chi connectivity index (χ1v) is 11.1. The van der Waals surface area contributed by atoms with Gasteiger partial charge >= 0.3 is 0 Å². The summed E-state index contributed by atoms with van der Waals surface area (Å²) in [4.78, 5) is 28.3. The van der Waals surface area contributed by atoms with E-state index in [0.717, 1.165) is 5.75 Å². The van der Waals surface area contributed by atoms with Crippen LogP contribution in [0.2, 0.25) is 0 Å². The van der Waals surface area contributed by atoms with Crippen LogP contribution in [-0.2, 0) is 9.59 Å². The molecular formula is C27H26N2O5. The fraction of sp³-hybridized carbons (Fsp3) is 0.185. The molecule has 2 amide bonds. The average molecular weight is 459 g/mol. The molecule has 7 nitrogen and oxygen atoms in total. The van der Waals surface area contributed by atoms with E-state index in [-0.39, 0.29) is 11.3 Å². The highest BCUT2D eigenvalue weighted by molar-refractivity contribution is 6.46. The Morgan fingerprint density at radius 3 is 2.06 bits per heavy atom. The lowest BCUT2D eigenvalue weighted by Crippen LogP contribution is -2.32. The molecule has 0 spiro atoms. The van der Waals surface area contributed by atoms with Gasteiger partial charge in [-0.05, 0) is 67.9 Å². The smallest absolute Gasteiger partial charge is 0.282 e. The van der Waals surface area contributed by atoms with E-state index < -0.39 is 11.8 Å². The van der Waals surface area contributed by atoms with Gasteiger partial charge in [-0.1, -0.05) is 18.2 Å². The fourth-order valence-corrected chi connectivity index (χ4v) is 3.73. The number of nitrogens with zero attached hydrogens (tertiary/aromatic N) is 1. The number of rotatable bonds is 9. The maximum atomic E-state index is 13.6. The second kappa shape index (κ2) is 10.1. The summed E-state index contributed by atoms with van der Waals surface area (Å²) >= 11 is 0. The molecule has 174 valence electrons. The maximum absolute atomic E-state index is 13.6. The van der Waals surface area contributed by atoms with E-state index in [0.29, 0.717) is 41.7 Å². The minimum atomic E-state index is -0.446. The molecule has 3 aromatic carbocycles. The molecule has 0 saturated heterocycles. The minimum absolute atomic E-state index is 0.195. The minimum Gasteiger partial charge on any atom is -0.497 e. The molecule has 3 aromatic rings. The molecule has 1 aliphatic heterocycles. The zero-order valence-electron chi connectivity index (χ0n) is 19.3. The number of methoxy groups -OCH3 is 1. The van der Waals surface area contributed by atoms with Gasteiger partial charge in [-0.25, -0.2) is 4.90 Å². The first-order valence-electron chi connectivity index (χ1n) is 11.1. The van der Waals surface area contributed by atoms with Crippen LogP contribution < -0.4 is 24.4 Å². The highest BCUT2D eigenvalue weighted by Crippen LogP contribution is 2.35. The van der Waals surface area contributed by atoms with Gasteiger partial charge in [-0.15, -0.1) is 0 Å². The third kappa shape index (κ3) is 4.59. The fourth-order valence-electron chi connectivity index (χ4n) is 3.73. The van der Waals surface area contributed by atoms with E-state index in [9.17, 15) is 9.59 Å². The Morgan fingerprint density at radius 2 is 1.41 bits per heavy atom. The molecule has 0 atom stereocenters. The Hall–Kier alpha value is -4.26. The maximum Gasteiger partial charge on any atom is 0.282 e. The third-order valence-corrected chi connectivity index (χ3v) is 5.28. The third-order valence-electron chi connectivity index (χ3n) is 5.28. The Balaban J connectivity index is 1.75. The molecule has 1 aliphatic rings. The average Bonchev–Trinajstić information content (AvgIpc) is 3.10. The summed E-state index contributed by atoms with van der Waals surface area (Å²) in [6.07, 6.45) is 0. The Morgan fingerprint density at radius 1 is 0.765 bits per heavy atom. The molecule has 7 heteroatoms. The van der Waals surface area contributed by atoms with Gasteiger partial charge in [-0.2, -0.15) is 0 Å². The largest absolute Gasteiger partial charge is 0.497 e. The van der Waals surface area contributed by atoms with Gasteiger partial charge in [-0.3, -0.25) is 9.59 Å². The first-order chi connectivity index (χ1) is 16.5. The zero-order chi connectivity index (χ0) is 24.1. The first kappa shape index (κ1) is 22.9. The number of nitrogens with one attached hydrogen (secondary N) is 1. The van der Waals surface area contributed by atoms with Crippen LogP contribution in [0.5, 0.6) is 17.2 Å². The van der Waals surface area contributed by atoms with E-state index in [2.05, 4.69) is 5.32 Å². The molecule has 0 aliphatic carbocycles. The van der Waals surface area contributed by atoms with Crippen molar-refractivity contribution in [3.63, 3.8) is 0 Å². The molecule has 0 bridgehead atoms. The summed E-state index contributed by atoms with van der Waals surface area (Å²) in [5.41, 5.74) is 2.19. The number of benzene rings is 3. The van der Waals surface area contributed by atoms with Crippen molar-refractivity contribution < 1.29 is 23.8 Å². The summed E-state index contributed by atoms with van der Waals surface area (Å²) in [6.45, 7) is 4.82. The molecule has 1 heterocycles. The van der Waals surface area contributed by atoms with Gasteiger partial charge in [0.2, 0.25) is 0 Å². The van der Waals surface area contributed by atoms with E-state index in [4.69, 9.17) is 14.2 Å². The molecule has 0 aromatic heterocycles. The topological polar surface area (TPSA) is 77.1 Å². The van der Waals surface area contributed by atoms with Gasteiger partial charge in [0.05, 0.1) is 31.6 Å². The SMILES string of the molecule is CCOc1ccc(NC2=C(c3ccc(OC)cc3)C(=O)N(c3cccc(OCC)c3)C2=O)cc1. The molecule has 1 N–H and O–H groups in total. The van der Waals surface area contributed by atoms with Crippen LogP contribution in [0.25, 0.3) is 5.57 Å². The summed E-state index contributed by atoms with van der Waals surface area (Å²) < 4.78 is 16.3. The number of hydrogen-bond acceptors (Lipinski definition) is 6. The number of anilines is 2. The second-order valence-electron chi connectivity index (χ2n) is 7.44. The summed E-state index contributed by atoms with van der Waals surface area (Å²) in [5.74, 6) is 1.10. The lowest BCUT2D eigenvalue weighted by molar-refractivity contribution is -0.120. The van der Waals surface area contributed by atoms with E-state index in [1.807, 2.05) is 26.0 Å². The van der Waals surface area contributed by atoms with Crippen molar-refractivity contribution in [1.29, 1.82) is 0 Å². The molecule has 4 rings (SSSR count). The van der Waals surface area contributed by atoms with Crippen molar-refractivity contribution in [3.05, 3.63) is 84.1 Å².